The molecular weight excluding hydrogens is 294 g/mol. The van der Waals surface area contributed by atoms with Crippen LogP contribution in [0, 0.1) is 11.3 Å². The summed E-state index contributed by atoms with van der Waals surface area (Å²) in [6.07, 6.45) is 3.61. The monoisotopic (exact) mass is 303 g/mol. The van der Waals surface area contributed by atoms with Crippen molar-refractivity contribution in [2.75, 3.05) is 6.54 Å². The van der Waals surface area contributed by atoms with Gasteiger partial charge in [-0.2, -0.15) is 5.26 Å². The van der Waals surface area contributed by atoms with E-state index in [0.29, 0.717) is 17.3 Å². The van der Waals surface area contributed by atoms with Gasteiger partial charge in [-0.1, -0.05) is 0 Å². The molecule has 0 atom stereocenters. The van der Waals surface area contributed by atoms with Crippen LogP contribution in [0.3, 0.4) is 0 Å². The van der Waals surface area contributed by atoms with Crippen molar-refractivity contribution >= 4 is 26.0 Å². The Hall–Kier alpha value is -0.970. The van der Waals surface area contributed by atoms with Crippen molar-refractivity contribution in [3.63, 3.8) is 0 Å². The number of nitrogens with one attached hydrogen (secondary N) is 1. The lowest BCUT2D eigenvalue weighted by molar-refractivity contribution is 0.579. The molecule has 0 aliphatic rings. The maximum absolute atomic E-state index is 11.7. The molecule has 0 aromatic carbocycles. The van der Waals surface area contributed by atoms with Gasteiger partial charge >= 0.3 is 0 Å². The van der Waals surface area contributed by atoms with Crippen molar-refractivity contribution in [1.29, 1.82) is 5.26 Å². The highest BCUT2D eigenvalue weighted by molar-refractivity contribution is 9.10. The van der Waals surface area contributed by atoms with E-state index in [0.717, 1.165) is 0 Å². The highest BCUT2D eigenvalue weighted by Crippen LogP contribution is 2.13. The van der Waals surface area contributed by atoms with Gasteiger partial charge in [0.2, 0.25) is 10.0 Å². The average molecular weight is 304 g/mol. The third-order valence-corrected chi connectivity index (χ3v) is 3.61. The summed E-state index contributed by atoms with van der Waals surface area (Å²) in [4.78, 5) is 3.89. The molecule has 0 fully saturated rings. The Labute approximate surface area is 103 Å². The molecule has 5 nitrogen and oxygen atoms in total. The van der Waals surface area contributed by atoms with Crippen LogP contribution in [0.1, 0.15) is 12.8 Å². The zero-order chi connectivity index (χ0) is 12.0. The molecule has 0 unspecified atom stereocenters. The Morgan fingerprint density at radius 1 is 1.50 bits per heavy atom. The summed E-state index contributed by atoms with van der Waals surface area (Å²) in [5.41, 5.74) is 0. The molecule has 1 aromatic heterocycles. The van der Waals surface area contributed by atoms with Crippen LogP contribution in [-0.2, 0) is 10.0 Å². The van der Waals surface area contributed by atoms with Gasteiger partial charge in [0.25, 0.3) is 0 Å². The topological polar surface area (TPSA) is 82.9 Å². The predicted molar refractivity (Wildman–Crippen MR) is 62.0 cm³/mol. The zero-order valence-electron chi connectivity index (χ0n) is 8.35. The largest absolute Gasteiger partial charge is 0.262 e. The first kappa shape index (κ1) is 13.1. The molecule has 1 N–H and O–H groups in total. The number of aromatic nitrogens is 1. The summed E-state index contributed by atoms with van der Waals surface area (Å²) in [5.74, 6) is 0. The minimum absolute atomic E-state index is 0.110. The smallest absolute Gasteiger partial charge is 0.242 e. The van der Waals surface area contributed by atoms with Gasteiger partial charge in [0.1, 0.15) is 4.90 Å². The minimum atomic E-state index is -3.52. The van der Waals surface area contributed by atoms with Crippen molar-refractivity contribution in [3.05, 3.63) is 22.9 Å². The lowest BCUT2D eigenvalue weighted by atomic mass is 10.3. The van der Waals surface area contributed by atoms with Gasteiger partial charge in [0, 0.05) is 29.8 Å². The quantitative estimate of drug-likeness (QED) is 0.834. The number of rotatable bonds is 5. The van der Waals surface area contributed by atoms with Gasteiger partial charge in [0.15, 0.2) is 0 Å². The number of hydrogen-bond donors (Lipinski definition) is 1. The molecule has 0 saturated heterocycles. The fraction of sp³-hybridized carbons (Fsp3) is 0.333. The second kappa shape index (κ2) is 5.94. The normalized spacial score (nSPS) is 11.0. The van der Waals surface area contributed by atoms with Gasteiger partial charge in [-0.25, -0.2) is 13.1 Å². The first-order valence-corrected chi connectivity index (χ1v) is 6.81. The Morgan fingerprint density at radius 3 is 2.88 bits per heavy atom. The zero-order valence-corrected chi connectivity index (χ0v) is 10.8. The van der Waals surface area contributed by atoms with E-state index in [2.05, 4.69) is 25.6 Å². The highest BCUT2D eigenvalue weighted by Gasteiger charge is 2.13. The summed E-state index contributed by atoms with van der Waals surface area (Å²) < 4.78 is 26.4. The molecule has 0 saturated carbocycles. The van der Waals surface area contributed by atoms with Gasteiger partial charge in [-0.05, 0) is 28.4 Å². The third-order valence-electron chi connectivity index (χ3n) is 1.75. The molecule has 0 radical (unpaired) electrons. The van der Waals surface area contributed by atoms with Crippen LogP contribution >= 0.6 is 15.9 Å². The van der Waals surface area contributed by atoms with Crippen LogP contribution in [-0.4, -0.2) is 19.9 Å². The Bertz CT molecular complexity index is 496. The van der Waals surface area contributed by atoms with Crippen molar-refractivity contribution in [3.8, 4) is 6.07 Å². The molecule has 1 heterocycles. The molecule has 16 heavy (non-hydrogen) atoms. The van der Waals surface area contributed by atoms with Gasteiger partial charge in [-0.15, -0.1) is 0 Å². The van der Waals surface area contributed by atoms with Crippen LogP contribution in [0.5, 0.6) is 0 Å². The number of unbranched alkanes of at least 4 members (excludes halogenated alkanes) is 1. The number of nitriles is 1. The summed E-state index contributed by atoms with van der Waals surface area (Å²) in [5, 5.41) is 8.31. The average Bonchev–Trinajstić information content (AvgIpc) is 2.24. The maximum Gasteiger partial charge on any atom is 0.242 e. The Kier molecular flexibility index (Phi) is 4.86. The molecule has 7 heteroatoms. The molecule has 1 aromatic rings. The van der Waals surface area contributed by atoms with Gasteiger partial charge in [-0.3, -0.25) is 4.98 Å². The fourth-order valence-electron chi connectivity index (χ4n) is 0.997. The van der Waals surface area contributed by atoms with Crippen molar-refractivity contribution in [2.24, 2.45) is 0 Å². The SMILES string of the molecule is N#CCCCNS(=O)(=O)c1cncc(Br)c1. The van der Waals surface area contributed by atoms with Crippen LogP contribution in [0.15, 0.2) is 27.8 Å². The standard InChI is InChI=1S/C9H10BrN3O2S/c10-8-5-9(7-12-6-8)16(14,15)13-4-2-1-3-11/h5-7,13H,1-2,4H2. The third kappa shape index (κ3) is 3.89. The molecule has 0 aliphatic heterocycles. The summed E-state index contributed by atoms with van der Waals surface area (Å²) in [6.45, 7) is 0.252. The summed E-state index contributed by atoms with van der Waals surface area (Å²) in [6, 6.07) is 3.42. The van der Waals surface area contributed by atoms with Crippen LogP contribution in [0.4, 0.5) is 0 Å². The molecule has 0 bridgehead atoms. The summed E-state index contributed by atoms with van der Waals surface area (Å²) in [7, 11) is -3.52. The van der Waals surface area contributed by atoms with Crippen molar-refractivity contribution in [1.82, 2.24) is 9.71 Å². The second-order valence-electron chi connectivity index (χ2n) is 3.00. The molecule has 86 valence electrons. The van der Waals surface area contributed by atoms with E-state index in [4.69, 9.17) is 5.26 Å². The van der Waals surface area contributed by atoms with E-state index in [1.807, 2.05) is 6.07 Å². The number of halogens is 1. The maximum atomic E-state index is 11.7. The van der Waals surface area contributed by atoms with Crippen LogP contribution < -0.4 is 4.72 Å². The van der Waals surface area contributed by atoms with E-state index in [9.17, 15) is 8.42 Å². The highest BCUT2D eigenvalue weighted by atomic mass is 79.9. The lowest BCUT2D eigenvalue weighted by Crippen LogP contribution is -2.24. The molecule has 0 aliphatic carbocycles. The molecule has 0 spiro atoms. The second-order valence-corrected chi connectivity index (χ2v) is 5.68. The van der Waals surface area contributed by atoms with E-state index in [1.165, 1.54) is 18.5 Å². The number of pyridine rings is 1. The fourth-order valence-corrected chi connectivity index (χ4v) is 2.57. The van der Waals surface area contributed by atoms with E-state index < -0.39 is 10.0 Å². The molecule has 1 rings (SSSR count). The van der Waals surface area contributed by atoms with Crippen molar-refractivity contribution in [2.45, 2.75) is 17.7 Å². The van der Waals surface area contributed by atoms with E-state index >= 15 is 0 Å². The van der Waals surface area contributed by atoms with E-state index in [1.54, 1.807) is 0 Å². The first-order valence-electron chi connectivity index (χ1n) is 4.53. The number of nitrogens with zero attached hydrogens (tertiary/aromatic N) is 2. The number of hydrogen-bond acceptors (Lipinski definition) is 4. The van der Waals surface area contributed by atoms with Gasteiger partial charge < -0.3 is 0 Å². The molecule has 0 amide bonds. The lowest BCUT2D eigenvalue weighted by Gasteiger charge is -2.05. The Balaban J connectivity index is 2.68. The van der Waals surface area contributed by atoms with E-state index in [-0.39, 0.29) is 11.4 Å². The minimum Gasteiger partial charge on any atom is -0.262 e. The Morgan fingerprint density at radius 2 is 2.25 bits per heavy atom. The predicted octanol–water partition coefficient (Wildman–Crippen LogP) is 1.43. The first-order chi connectivity index (χ1) is 7.56. The molecular formula is C9H10BrN3O2S. The number of sulfonamides is 1. The van der Waals surface area contributed by atoms with Crippen molar-refractivity contribution < 1.29 is 8.42 Å². The van der Waals surface area contributed by atoms with Crippen LogP contribution in [0.2, 0.25) is 0 Å². The summed E-state index contributed by atoms with van der Waals surface area (Å²) >= 11 is 3.15. The van der Waals surface area contributed by atoms with Gasteiger partial charge in [0.05, 0.1) is 6.07 Å². The van der Waals surface area contributed by atoms with Crippen LogP contribution in [0.25, 0.3) is 0 Å².